The molecule has 0 spiro atoms. The highest BCUT2D eigenvalue weighted by Crippen LogP contribution is 2.19. The van der Waals surface area contributed by atoms with E-state index in [1.807, 2.05) is 4.90 Å². The Bertz CT molecular complexity index is 832. The van der Waals surface area contributed by atoms with Crippen LogP contribution < -0.4 is 10.6 Å². The lowest BCUT2D eigenvalue weighted by Gasteiger charge is -2.36. The summed E-state index contributed by atoms with van der Waals surface area (Å²) in [5, 5.41) is 5.19. The predicted molar refractivity (Wildman–Crippen MR) is 105 cm³/mol. The molecule has 3 amide bonds. The highest BCUT2D eigenvalue weighted by Gasteiger charge is 2.32. The third kappa shape index (κ3) is 5.31. The van der Waals surface area contributed by atoms with E-state index in [4.69, 9.17) is 0 Å². The molecule has 8 nitrogen and oxygen atoms in total. The third-order valence-corrected chi connectivity index (χ3v) is 7.49. The largest absolute Gasteiger partial charge is 0.335 e. The molecule has 1 saturated heterocycles. The van der Waals surface area contributed by atoms with Gasteiger partial charge in [0.05, 0.1) is 10.9 Å². The second-order valence-electron chi connectivity index (χ2n) is 7.51. The third-order valence-electron chi connectivity index (χ3n) is 5.58. The number of piperazine rings is 1. The number of hydrogen-bond donors (Lipinski definition) is 2. The minimum atomic E-state index is -3.71. The lowest BCUT2D eigenvalue weighted by Crippen LogP contribution is -2.56. The molecular formula is C19H27FN4O4S. The van der Waals surface area contributed by atoms with Crippen molar-refractivity contribution in [1.82, 2.24) is 19.8 Å². The smallest absolute Gasteiger partial charge is 0.321 e. The highest BCUT2D eigenvalue weighted by molar-refractivity contribution is 7.89. The van der Waals surface area contributed by atoms with E-state index in [0.29, 0.717) is 13.1 Å². The number of imide groups is 1. The van der Waals surface area contributed by atoms with Gasteiger partial charge in [-0.15, -0.1) is 0 Å². The summed E-state index contributed by atoms with van der Waals surface area (Å²) in [6.07, 6.45) is 4.03. The van der Waals surface area contributed by atoms with E-state index in [9.17, 15) is 22.4 Å². The summed E-state index contributed by atoms with van der Waals surface area (Å²) >= 11 is 0. The standard InChI is InChI=1S/C19H27FN4O4S/c1-14(18(25)22-19(26)21-16-4-2-3-5-16)23-10-12-24(13-11-23)29(27,28)17-8-6-15(20)7-9-17/h6-9,14,16H,2-5,10-13H2,1H3,(H2,21,22,25,26)/t14-/m1/s1. The molecule has 1 aliphatic carbocycles. The summed E-state index contributed by atoms with van der Waals surface area (Å²) in [5.74, 6) is -0.902. The Balaban J connectivity index is 1.50. The van der Waals surface area contributed by atoms with Gasteiger partial charge in [-0.05, 0) is 44.0 Å². The minimum absolute atomic E-state index is 0.0433. The molecule has 0 aromatic heterocycles. The summed E-state index contributed by atoms with van der Waals surface area (Å²) in [7, 11) is -3.71. The highest BCUT2D eigenvalue weighted by atomic mass is 32.2. The molecule has 1 heterocycles. The van der Waals surface area contributed by atoms with Crippen LogP contribution >= 0.6 is 0 Å². The Morgan fingerprint density at radius 1 is 1.07 bits per heavy atom. The number of rotatable bonds is 5. The Hall–Kier alpha value is -2.04. The SMILES string of the molecule is C[C@H](C(=O)NC(=O)NC1CCCC1)N1CCN(S(=O)(=O)c2ccc(F)cc2)CC1. The number of carbonyl (C=O) groups excluding carboxylic acids is 2. The van der Waals surface area contributed by atoms with Gasteiger partial charge in [-0.25, -0.2) is 17.6 Å². The van der Waals surface area contributed by atoms with E-state index in [1.54, 1.807) is 6.92 Å². The average molecular weight is 427 g/mol. The van der Waals surface area contributed by atoms with Crippen LogP contribution in [0, 0.1) is 5.82 Å². The fourth-order valence-corrected chi connectivity index (χ4v) is 5.18. The molecule has 0 radical (unpaired) electrons. The number of halogens is 1. The van der Waals surface area contributed by atoms with E-state index < -0.39 is 33.8 Å². The molecule has 1 aliphatic heterocycles. The second kappa shape index (κ2) is 9.19. The minimum Gasteiger partial charge on any atom is -0.335 e. The van der Waals surface area contributed by atoms with Gasteiger partial charge in [-0.3, -0.25) is 15.0 Å². The molecule has 160 valence electrons. The van der Waals surface area contributed by atoms with E-state index in [0.717, 1.165) is 37.8 Å². The number of nitrogens with one attached hydrogen (secondary N) is 2. The van der Waals surface area contributed by atoms with Gasteiger partial charge in [0.25, 0.3) is 0 Å². The second-order valence-corrected chi connectivity index (χ2v) is 9.45. The average Bonchev–Trinajstić information content (AvgIpc) is 3.20. The van der Waals surface area contributed by atoms with Crippen molar-refractivity contribution in [2.45, 2.75) is 49.6 Å². The summed E-state index contributed by atoms with van der Waals surface area (Å²) in [4.78, 5) is 26.2. The van der Waals surface area contributed by atoms with Gasteiger partial charge in [0, 0.05) is 32.2 Å². The van der Waals surface area contributed by atoms with Crippen LogP contribution in [0.3, 0.4) is 0 Å². The zero-order valence-corrected chi connectivity index (χ0v) is 17.3. The van der Waals surface area contributed by atoms with Crippen molar-refractivity contribution in [2.75, 3.05) is 26.2 Å². The number of urea groups is 1. The molecule has 1 saturated carbocycles. The zero-order chi connectivity index (χ0) is 21.0. The van der Waals surface area contributed by atoms with Crippen molar-refractivity contribution in [3.05, 3.63) is 30.1 Å². The maximum absolute atomic E-state index is 13.1. The van der Waals surface area contributed by atoms with E-state index in [2.05, 4.69) is 10.6 Å². The van der Waals surface area contributed by atoms with Crippen LogP contribution in [0.25, 0.3) is 0 Å². The van der Waals surface area contributed by atoms with Crippen molar-refractivity contribution in [2.24, 2.45) is 0 Å². The van der Waals surface area contributed by atoms with Crippen LogP contribution in [0.2, 0.25) is 0 Å². The molecule has 1 aromatic carbocycles. The topological polar surface area (TPSA) is 98.8 Å². The zero-order valence-electron chi connectivity index (χ0n) is 16.4. The first-order valence-electron chi connectivity index (χ1n) is 9.88. The van der Waals surface area contributed by atoms with Crippen molar-refractivity contribution in [1.29, 1.82) is 0 Å². The molecule has 2 aliphatic rings. The fourth-order valence-electron chi connectivity index (χ4n) is 3.76. The monoisotopic (exact) mass is 426 g/mol. The Morgan fingerprint density at radius 2 is 1.66 bits per heavy atom. The maximum atomic E-state index is 13.1. The van der Waals surface area contributed by atoms with Gasteiger partial charge >= 0.3 is 6.03 Å². The Labute approximate surface area is 170 Å². The van der Waals surface area contributed by atoms with Crippen LogP contribution in [0.4, 0.5) is 9.18 Å². The maximum Gasteiger partial charge on any atom is 0.321 e. The molecular weight excluding hydrogens is 399 g/mol. The molecule has 2 N–H and O–H groups in total. The molecule has 3 rings (SSSR count). The van der Waals surface area contributed by atoms with E-state index in [1.165, 1.54) is 16.4 Å². The predicted octanol–water partition coefficient (Wildman–Crippen LogP) is 1.29. The molecule has 1 aromatic rings. The van der Waals surface area contributed by atoms with Crippen LogP contribution in [0.5, 0.6) is 0 Å². The number of hydrogen-bond acceptors (Lipinski definition) is 5. The summed E-state index contributed by atoms with van der Waals surface area (Å²) in [6, 6.07) is 3.81. The molecule has 2 fully saturated rings. The van der Waals surface area contributed by atoms with Crippen LogP contribution in [-0.4, -0.2) is 67.8 Å². The summed E-state index contributed by atoms with van der Waals surface area (Å²) in [5.41, 5.74) is 0. The van der Waals surface area contributed by atoms with Gasteiger partial charge in [0.15, 0.2) is 0 Å². The number of benzene rings is 1. The summed E-state index contributed by atoms with van der Waals surface area (Å²) in [6.45, 7) is 2.85. The number of nitrogens with zero attached hydrogens (tertiary/aromatic N) is 2. The lowest BCUT2D eigenvalue weighted by atomic mass is 10.2. The van der Waals surface area contributed by atoms with Crippen LogP contribution in [0.1, 0.15) is 32.6 Å². The number of carbonyl (C=O) groups is 2. The molecule has 0 bridgehead atoms. The first-order valence-corrected chi connectivity index (χ1v) is 11.3. The number of sulfonamides is 1. The van der Waals surface area contributed by atoms with Gasteiger partial charge in [0.2, 0.25) is 15.9 Å². The van der Waals surface area contributed by atoms with Gasteiger partial charge in [-0.2, -0.15) is 4.31 Å². The van der Waals surface area contributed by atoms with Gasteiger partial charge in [0.1, 0.15) is 5.82 Å². The normalized spacial score (nSPS) is 20.3. The molecule has 0 unspecified atom stereocenters. The molecule has 1 atom stereocenters. The Kier molecular flexibility index (Phi) is 6.86. The molecule has 29 heavy (non-hydrogen) atoms. The van der Waals surface area contributed by atoms with Crippen molar-refractivity contribution >= 4 is 22.0 Å². The van der Waals surface area contributed by atoms with E-state index in [-0.39, 0.29) is 24.0 Å². The van der Waals surface area contributed by atoms with Crippen LogP contribution in [0.15, 0.2) is 29.2 Å². The number of amides is 3. The Morgan fingerprint density at radius 3 is 2.24 bits per heavy atom. The van der Waals surface area contributed by atoms with Crippen molar-refractivity contribution < 1.29 is 22.4 Å². The van der Waals surface area contributed by atoms with E-state index >= 15 is 0 Å². The molecule has 10 heteroatoms. The van der Waals surface area contributed by atoms with Crippen LogP contribution in [-0.2, 0) is 14.8 Å². The quantitative estimate of drug-likeness (QED) is 0.739. The fraction of sp³-hybridized carbons (Fsp3) is 0.579. The van der Waals surface area contributed by atoms with Gasteiger partial charge < -0.3 is 5.32 Å². The van der Waals surface area contributed by atoms with Crippen molar-refractivity contribution in [3.63, 3.8) is 0 Å². The van der Waals surface area contributed by atoms with Gasteiger partial charge in [-0.1, -0.05) is 12.8 Å². The lowest BCUT2D eigenvalue weighted by molar-refractivity contribution is -0.125. The van der Waals surface area contributed by atoms with Crippen molar-refractivity contribution in [3.8, 4) is 0 Å². The first kappa shape index (κ1) is 21.7. The summed E-state index contributed by atoms with van der Waals surface area (Å²) < 4.78 is 39.7. The first-order chi connectivity index (χ1) is 13.8.